The monoisotopic (exact) mass is 327 g/mol. The fourth-order valence-electron chi connectivity index (χ4n) is 1.98. The van der Waals surface area contributed by atoms with Crippen LogP contribution in [-0.2, 0) is 6.42 Å². The number of aliphatic hydroxyl groups is 1. The molecule has 0 aliphatic carbocycles. The van der Waals surface area contributed by atoms with Gasteiger partial charge in [-0.2, -0.15) is 16.7 Å². The number of nitrogens with one attached hydrogen (secondary N) is 2. The highest BCUT2D eigenvalue weighted by atomic mass is 32.2. The van der Waals surface area contributed by atoms with Crippen molar-refractivity contribution in [2.24, 2.45) is 5.84 Å². The molecule has 0 saturated carbocycles. The number of nitrogens with zero attached hydrogens (tertiary/aromatic N) is 2. The second kappa shape index (κ2) is 6.78. The maximum absolute atomic E-state index is 10.3. The number of thioether (sulfide) groups is 1. The summed E-state index contributed by atoms with van der Waals surface area (Å²) in [7, 11) is 0. The Kier molecular flexibility index (Phi) is 5.26. The molecule has 2 rings (SSSR count). The predicted molar refractivity (Wildman–Crippen MR) is 92.1 cm³/mol. The van der Waals surface area contributed by atoms with Gasteiger partial charge in [0.15, 0.2) is 0 Å². The highest BCUT2D eigenvalue weighted by Crippen LogP contribution is 2.30. The van der Waals surface area contributed by atoms with Gasteiger partial charge in [-0.1, -0.05) is 6.92 Å². The highest BCUT2D eigenvalue weighted by Gasteiger charge is 2.20. The van der Waals surface area contributed by atoms with Crippen LogP contribution < -0.4 is 16.6 Å². The van der Waals surface area contributed by atoms with E-state index in [1.165, 1.54) is 4.88 Å². The van der Waals surface area contributed by atoms with E-state index in [0.717, 1.165) is 16.6 Å². The van der Waals surface area contributed by atoms with Crippen molar-refractivity contribution in [3.63, 3.8) is 0 Å². The lowest BCUT2D eigenvalue weighted by molar-refractivity contribution is 0.0996. The van der Waals surface area contributed by atoms with E-state index < -0.39 is 5.60 Å². The summed E-state index contributed by atoms with van der Waals surface area (Å²) in [5, 5.41) is 14.5. The van der Waals surface area contributed by atoms with Crippen molar-refractivity contribution in [1.29, 1.82) is 0 Å². The van der Waals surface area contributed by atoms with Crippen LogP contribution in [0.1, 0.15) is 18.7 Å². The average molecular weight is 327 g/mol. The number of nitrogens with two attached hydrogens (primary N) is 1. The second-order valence-corrected chi connectivity index (χ2v) is 7.09. The minimum absolute atomic E-state index is 0.374. The first-order valence-corrected chi connectivity index (χ1v) is 8.92. The zero-order valence-electron chi connectivity index (χ0n) is 12.4. The van der Waals surface area contributed by atoms with Crippen LogP contribution in [0.3, 0.4) is 0 Å². The van der Waals surface area contributed by atoms with Gasteiger partial charge in [0.2, 0.25) is 5.95 Å². The van der Waals surface area contributed by atoms with E-state index in [4.69, 9.17) is 5.84 Å². The number of thiophene rings is 1. The summed E-state index contributed by atoms with van der Waals surface area (Å²) in [4.78, 5) is 10.9. The first-order chi connectivity index (χ1) is 9.99. The standard InChI is InChI=1S/C13H21N5OS2/c1-4-8-5-9-10(15-6-13(2,19)7-20-3)16-12(18-14)17-11(9)21-8/h5,19H,4,6-7,14H2,1-3H3,(H2,15,16,17,18). The van der Waals surface area contributed by atoms with Gasteiger partial charge in [-0.15, -0.1) is 11.3 Å². The van der Waals surface area contributed by atoms with Crippen molar-refractivity contribution < 1.29 is 5.11 Å². The molecular weight excluding hydrogens is 306 g/mol. The number of hydrazine groups is 1. The maximum Gasteiger partial charge on any atom is 0.240 e. The lowest BCUT2D eigenvalue weighted by atomic mass is 10.1. The van der Waals surface area contributed by atoms with Gasteiger partial charge in [0.05, 0.1) is 11.0 Å². The Morgan fingerprint density at radius 2 is 2.24 bits per heavy atom. The smallest absolute Gasteiger partial charge is 0.240 e. The number of nitrogen functional groups attached to an aromatic ring is 1. The Morgan fingerprint density at radius 3 is 2.86 bits per heavy atom. The average Bonchev–Trinajstić information content (AvgIpc) is 2.87. The normalized spacial score (nSPS) is 14.1. The van der Waals surface area contributed by atoms with Crippen LogP contribution >= 0.6 is 23.1 Å². The van der Waals surface area contributed by atoms with Crippen molar-refractivity contribution in [2.75, 3.05) is 29.3 Å². The fourth-order valence-corrected chi connectivity index (χ4v) is 3.67. The molecule has 8 heteroatoms. The molecule has 2 aromatic rings. The summed E-state index contributed by atoms with van der Waals surface area (Å²) in [6.45, 7) is 4.33. The summed E-state index contributed by atoms with van der Waals surface area (Å²) in [6.07, 6.45) is 2.93. The number of anilines is 2. The Bertz CT molecular complexity index is 614. The molecule has 0 aliphatic heterocycles. The van der Waals surface area contributed by atoms with Crippen molar-refractivity contribution in [3.05, 3.63) is 10.9 Å². The lowest BCUT2D eigenvalue weighted by Crippen LogP contribution is -2.36. The van der Waals surface area contributed by atoms with Crippen LogP contribution in [0.5, 0.6) is 0 Å². The Labute approximate surface area is 132 Å². The Balaban J connectivity index is 2.30. The van der Waals surface area contributed by atoms with E-state index in [1.807, 2.05) is 13.2 Å². The molecule has 116 valence electrons. The summed E-state index contributed by atoms with van der Waals surface area (Å²) >= 11 is 3.24. The van der Waals surface area contributed by atoms with E-state index in [9.17, 15) is 5.11 Å². The van der Waals surface area contributed by atoms with Gasteiger partial charge >= 0.3 is 0 Å². The fraction of sp³-hybridized carbons (Fsp3) is 0.538. The number of aryl methyl sites for hydroxylation is 1. The molecule has 2 aromatic heterocycles. The molecule has 0 amide bonds. The molecule has 1 unspecified atom stereocenters. The van der Waals surface area contributed by atoms with E-state index >= 15 is 0 Å². The summed E-state index contributed by atoms with van der Waals surface area (Å²) in [6, 6.07) is 2.09. The molecule has 0 fully saturated rings. The molecule has 2 heterocycles. The van der Waals surface area contributed by atoms with Gasteiger partial charge < -0.3 is 10.4 Å². The Morgan fingerprint density at radius 1 is 1.48 bits per heavy atom. The topological polar surface area (TPSA) is 96.1 Å². The number of hydrogen-bond donors (Lipinski definition) is 4. The summed E-state index contributed by atoms with van der Waals surface area (Å²) in [5.74, 6) is 7.15. The minimum atomic E-state index is -0.795. The zero-order chi connectivity index (χ0) is 15.5. The molecule has 0 aliphatic rings. The van der Waals surface area contributed by atoms with E-state index in [1.54, 1.807) is 23.1 Å². The van der Waals surface area contributed by atoms with Crippen LogP contribution in [0, 0.1) is 0 Å². The van der Waals surface area contributed by atoms with Crippen molar-refractivity contribution in [2.45, 2.75) is 25.9 Å². The SMILES string of the molecule is CCc1cc2c(NCC(C)(O)CSC)nc(NN)nc2s1. The molecule has 0 bridgehead atoms. The van der Waals surface area contributed by atoms with E-state index in [-0.39, 0.29) is 0 Å². The maximum atomic E-state index is 10.3. The number of hydrogen-bond acceptors (Lipinski definition) is 8. The Hall–Kier alpha value is -1.09. The van der Waals surface area contributed by atoms with Crippen molar-refractivity contribution >= 4 is 45.1 Å². The molecule has 0 radical (unpaired) electrons. The summed E-state index contributed by atoms with van der Waals surface area (Å²) in [5.41, 5.74) is 1.69. The third kappa shape index (κ3) is 3.97. The predicted octanol–water partition coefficient (Wildman–Crippen LogP) is 2.07. The first-order valence-electron chi connectivity index (χ1n) is 6.71. The highest BCUT2D eigenvalue weighted by molar-refractivity contribution is 7.98. The van der Waals surface area contributed by atoms with Gasteiger partial charge in [0, 0.05) is 17.2 Å². The number of aromatic nitrogens is 2. The van der Waals surface area contributed by atoms with Crippen LogP contribution in [0.2, 0.25) is 0 Å². The van der Waals surface area contributed by atoms with Crippen LogP contribution in [0.15, 0.2) is 6.07 Å². The van der Waals surface area contributed by atoms with Gasteiger partial charge in [-0.3, -0.25) is 5.43 Å². The van der Waals surface area contributed by atoms with Gasteiger partial charge in [-0.05, 0) is 25.7 Å². The van der Waals surface area contributed by atoms with Crippen molar-refractivity contribution in [3.8, 4) is 0 Å². The van der Waals surface area contributed by atoms with Crippen LogP contribution in [0.4, 0.5) is 11.8 Å². The minimum Gasteiger partial charge on any atom is -0.387 e. The van der Waals surface area contributed by atoms with E-state index in [0.29, 0.717) is 24.1 Å². The first kappa shape index (κ1) is 16.3. The van der Waals surface area contributed by atoms with Gasteiger partial charge in [0.1, 0.15) is 10.6 Å². The molecule has 6 nitrogen and oxygen atoms in total. The molecule has 21 heavy (non-hydrogen) atoms. The molecule has 0 saturated heterocycles. The van der Waals surface area contributed by atoms with Crippen molar-refractivity contribution in [1.82, 2.24) is 9.97 Å². The second-order valence-electron chi connectivity index (χ2n) is 5.11. The number of fused-ring (bicyclic) bond motifs is 1. The van der Waals surface area contributed by atoms with Crippen LogP contribution in [-0.4, -0.2) is 39.2 Å². The molecule has 0 spiro atoms. The van der Waals surface area contributed by atoms with Crippen LogP contribution in [0.25, 0.3) is 10.2 Å². The molecule has 0 aromatic carbocycles. The molecular formula is C13H21N5OS2. The zero-order valence-corrected chi connectivity index (χ0v) is 14.1. The summed E-state index contributed by atoms with van der Waals surface area (Å²) < 4.78 is 0. The lowest BCUT2D eigenvalue weighted by Gasteiger charge is -2.23. The third-order valence-corrected chi connectivity index (χ3v) is 5.10. The van der Waals surface area contributed by atoms with Gasteiger partial charge in [0.25, 0.3) is 0 Å². The van der Waals surface area contributed by atoms with Gasteiger partial charge in [-0.25, -0.2) is 10.8 Å². The number of rotatable bonds is 7. The largest absolute Gasteiger partial charge is 0.387 e. The molecule has 5 N–H and O–H groups in total. The molecule has 1 atom stereocenters. The third-order valence-electron chi connectivity index (χ3n) is 3.01. The van der Waals surface area contributed by atoms with E-state index in [2.05, 4.69) is 33.7 Å². The quantitative estimate of drug-likeness (QED) is 0.456.